The lowest BCUT2D eigenvalue weighted by Gasteiger charge is -2.25. The predicted octanol–water partition coefficient (Wildman–Crippen LogP) is 5.55. The first-order valence-corrected chi connectivity index (χ1v) is 10.5. The molecule has 1 aliphatic rings. The maximum atomic E-state index is 14.4. The first kappa shape index (κ1) is 23.3. The van der Waals surface area contributed by atoms with Crippen LogP contribution in [0.2, 0.25) is 5.02 Å². The number of halogens is 5. The fourth-order valence-corrected chi connectivity index (χ4v) is 4.21. The fraction of sp³-hybridized carbons (Fsp3) is 0.364. The third-order valence-corrected chi connectivity index (χ3v) is 5.89. The topological polar surface area (TPSA) is 67.5 Å². The Labute approximate surface area is 191 Å². The molecule has 1 saturated heterocycles. The van der Waals surface area contributed by atoms with Crippen molar-refractivity contribution in [3.05, 3.63) is 58.0 Å². The zero-order valence-corrected chi connectivity index (χ0v) is 18.4. The van der Waals surface area contributed by atoms with Gasteiger partial charge in [-0.25, -0.2) is 9.18 Å². The minimum absolute atomic E-state index is 0.112. The molecule has 0 spiro atoms. The van der Waals surface area contributed by atoms with Gasteiger partial charge in [0.2, 0.25) is 0 Å². The molecule has 1 fully saturated rings. The molecule has 176 valence electrons. The Bertz CT molecular complexity index is 1200. The van der Waals surface area contributed by atoms with Gasteiger partial charge in [0.05, 0.1) is 16.8 Å². The highest BCUT2D eigenvalue weighted by molar-refractivity contribution is 6.30. The zero-order chi connectivity index (χ0) is 23.9. The Morgan fingerprint density at radius 1 is 1.27 bits per heavy atom. The summed E-state index contributed by atoms with van der Waals surface area (Å²) in [5, 5.41) is 7.43. The fourth-order valence-electron chi connectivity index (χ4n) is 3.97. The van der Waals surface area contributed by atoms with Crippen LogP contribution in [0.1, 0.15) is 41.0 Å². The minimum atomic E-state index is -4.83. The van der Waals surface area contributed by atoms with Crippen LogP contribution in [0, 0.1) is 12.7 Å². The van der Waals surface area contributed by atoms with Crippen molar-refractivity contribution in [2.24, 2.45) is 0 Å². The number of esters is 1. The summed E-state index contributed by atoms with van der Waals surface area (Å²) in [6.07, 6.45) is -4.83. The molecule has 0 radical (unpaired) electrons. The zero-order valence-electron chi connectivity index (χ0n) is 17.7. The molecular weight excluding hydrogens is 466 g/mol. The van der Waals surface area contributed by atoms with E-state index in [1.54, 1.807) is 13.0 Å². The summed E-state index contributed by atoms with van der Waals surface area (Å²) in [5.74, 6) is -1.90. The van der Waals surface area contributed by atoms with E-state index in [1.807, 2.05) is 11.8 Å². The maximum Gasteiger partial charge on any atom is 0.573 e. The molecule has 1 N–H and O–H groups in total. The number of nitrogens with zero attached hydrogens (tertiary/aromatic N) is 2. The van der Waals surface area contributed by atoms with E-state index < -0.39 is 30.0 Å². The largest absolute Gasteiger partial charge is 0.573 e. The number of carbonyl (C=O) groups excluding carboxylic acids is 1. The number of aromatic amines is 1. The number of aromatic nitrogens is 2. The summed E-state index contributed by atoms with van der Waals surface area (Å²) in [7, 11) is 0. The van der Waals surface area contributed by atoms with Gasteiger partial charge in [-0.15, -0.1) is 13.2 Å². The Kier molecular flexibility index (Phi) is 6.24. The normalized spacial score (nSPS) is 18.0. The van der Waals surface area contributed by atoms with E-state index in [9.17, 15) is 22.4 Å². The van der Waals surface area contributed by atoms with Crippen molar-refractivity contribution in [2.75, 3.05) is 13.1 Å². The van der Waals surface area contributed by atoms with E-state index in [2.05, 4.69) is 14.9 Å². The van der Waals surface area contributed by atoms with Gasteiger partial charge >= 0.3 is 12.3 Å². The van der Waals surface area contributed by atoms with Crippen LogP contribution in [-0.2, 0) is 4.74 Å². The molecule has 33 heavy (non-hydrogen) atoms. The Balaban J connectivity index is 1.44. The van der Waals surface area contributed by atoms with Crippen LogP contribution in [0.15, 0.2) is 30.3 Å². The number of rotatable bonds is 5. The molecule has 2 aromatic carbocycles. The van der Waals surface area contributed by atoms with Crippen molar-refractivity contribution in [2.45, 2.75) is 38.8 Å². The van der Waals surface area contributed by atoms with Crippen LogP contribution < -0.4 is 4.74 Å². The number of ether oxygens (including phenoxy) is 2. The highest BCUT2D eigenvalue weighted by atomic mass is 35.5. The number of hydrogen-bond donors (Lipinski definition) is 1. The summed E-state index contributed by atoms with van der Waals surface area (Å²) < 4.78 is 61.7. The van der Waals surface area contributed by atoms with E-state index in [-0.39, 0.29) is 16.6 Å². The van der Waals surface area contributed by atoms with Gasteiger partial charge in [0.15, 0.2) is 0 Å². The quantitative estimate of drug-likeness (QED) is 0.379. The minimum Gasteiger partial charge on any atom is -0.457 e. The lowest BCUT2D eigenvalue weighted by Crippen LogP contribution is -2.28. The molecule has 0 bridgehead atoms. The molecule has 6 nitrogen and oxygen atoms in total. The lowest BCUT2D eigenvalue weighted by molar-refractivity contribution is -0.274. The molecule has 1 aromatic heterocycles. The third-order valence-electron chi connectivity index (χ3n) is 5.67. The van der Waals surface area contributed by atoms with Crippen LogP contribution >= 0.6 is 11.6 Å². The molecule has 0 aliphatic carbocycles. The maximum absolute atomic E-state index is 14.4. The SMILES string of the molecule is Cc1n[nH]c2cc(F)c(C(=O)O[C@@H]3CCN([C@H](C)c4cc(Cl)cc(OC(F)(F)F)c4)C3)cc12. The van der Waals surface area contributed by atoms with Crippen LogP contribution in [0.5, 0.6) is 5.75 Å². The smallest absolute Gasteiger partial charge is 0.457 e. The summed E-state index contributed by atoms with van der Waals surface area (Å²) >= 11 is 5.98. The second kappa shape index (κ2) is 8.83. The van der Waals surface area contributed by atoms with Crippen molar-refractivity contribution in [3.8, 4) is 5.75 Å². The Morgan fingerprint density at radius 3 is 2.76 bits per heavy atom. The van der Waals surface area contributed by atoms with Crippen molar-refractivity contribution in [1.29, 1.82) is 0 Å². The van der Waals surface area contributed by atoms with E-state index in [4.69, 9.17) is 16.3 Å². The van der Waals surface area contributed by atoms with Gasteiger partial charge in [-0.2, -0.15) is 5.10 Å². The highest BCUT2D eigenvalue weighted by Crippen LogP contribution is 2.33. The number of alkyl halides is 3. The van der Waals surface area contributed by atoms with Gasteiger partial charge in [-0.3, -0.25) is 10.00 Å². The van der Waals surface area contributed by atoms with E-state index in [1.165, 1.54) is 18.2 Å². The summed E-state index contributed by atoms with van der Waals surface area (Å²) in [4.78, 5) is 14.6. The molecule has 0 amide bonds. The molecule has 0 saturated carbocycles. The number of nitrogens with one attached hydrogen (secondary N) is 1. The molecule has 1 aliphatic heterocycles. The first-order valence-electron chi connectivity index (χ1n) is 10.2. The van der Waals surface area contributed by atoms with Crippen molar-refractivity contribution >= 4 is 28.5 Å². The monoisotopic (exact) mass is 485 g/mol. The van der Waals surface area contributed by atoms with Crippen LogP contribution in [0.25, 0.3) is 10.9 Å². The summed E-state index contributed by atoms with van der Waals surface area (Å²) in [6.45, 7) is 4.42. The lowest BCUT2D eigenvalue weighted by atomic mass is 10.1. The third kappa shape index (κ3) is 5.22. The van der Waals surface area contributed by atoms with Gasteiger partial charge in [-0.05, 0) is 50.1 Å². The van der Waals surface area contributed by atoms with E-state index in [0.717, 1.165) is 6.07 Å². The van der Waals surface area contributed by atoms with E-state index >= 15 is 0 Å². The molecule has 2 atom stereocenters. The molecule has 11 heteroatoms. The first-order chi connectivity index (χ1) is 15.5. The molecular formula is C22H20ClF4N3O3. The van der Waals surface area contributed by atoms with Crippen molar-refractivity contribution in [1.82, 2.24) is 15.1 Å². The van der Waals surface area contributed by atoms with Crippen molar-refractivity contribution in [3.63, 3.8) is 0 Å². The summed E-state index contributed by atoms with van der Waals surface area (Å²) in [5.41, 5.74) is 1.47. The molecule has 3 aromatic rings. The van der Waals surface area contributed by atoms with Gasteiger partial charge in [0.1, 0.15) is 17.7 Å². The van der Waals surface area contributed by atoms with Gasteiger partial charge in [0, 0.05) is 35.6 Å². The number of hydrogen-bond acceptors (Lipinski definition) is 5. The van der Waals surface area contributed by atoms with Crippen LogP contribution in [-0.4, -0.2) is 46.6 Å². The highest BCUT2D eigenvalue weighted by Gasteiger charge is 2.33. The number of likely N-dealkylation sites (tertiary alicyclic amines) is 1. The number of H-pyrrole nitrogens is 1. The number of carbonyl (C=O) groups is 1. The standard InChI is InChI=1S/C22H20ClF4N3O3/c1-11-17-8-18(19(24)9-20(17)29-28-11)21(31)32-15-3-4-30(10-15)12(2)13-5-14(23)7-16(6-13)33-22(25,26)27/h5-9,12,15H,3-4,10H2,1-2H3,(H,28,29)/t12-,15-/m1/s1. The van der Waals surface area contributed by atoms with Crippen molar-refractivity contribution < 1.29 is 31.8 Å². The van der Waals surface area contributed by atoms with Gasteiger partial charge in [0.25, 0.3) is 0 Å². The average Bonchev–Trinajstić information content (AvgIpc) is 3.31. The molecule has 0 unspecified atom stereocenters. The van der Waals surface area contributed by atoms with E-state index in [0.29, 0.717) is 41.7 Å². The van der Waals surface area contributed by atoms with Crippen LogP contribution in [0.3, 0.4) is 0 Å². The second-order valence-corrected chi connectivity index (χ2v) is 8.38. The number of fused-ring (bicyclic) bond motifs is 1. The molecule has 2 heterocycles. The predicted molar refractivity (Wildman–Crippen MR) is 113 cm³/mol. The second-order valence-electron chi connectivity index (χ2n) is 7.94. The average molecular weight is 486 g/mol. The Morgan fingerprint density at radius 2 is 2.03 bits per heavy atom. The number of aryl methyl sites for hydroxylation is 1. The van der Waals surface area contributed by atoms with Crippen LogP contribution in [0.4, 0.5) is 17.6 Å². The van der Waals surface area contributed by atoms with Gasteiger partial charge in [-0.1, -0.05) is 11.6 Å². The Hall–Kier alpha value is -2.85. The number of benzene rings is 2. The summed E-state index contributed by atoms with van der Waals surface area (Å²) in [6, 6.07) is 6.23. The van der Waals surface area contributed by atoms with Gasteiger partial charge < -0.3 is 9.47 Å². The molecule has 4 rings (SSSR count).